The number of aryl methyl sites for hydroxylation is 2. The summed E-state index contributed by atoms with van der Waals surface area (Å²) in [5, 5.41) is 3.47. The molecule has 0 radical (unpaired) electrons. The topological polar surface area (TPSA) is 48.5 Å². The van der Waals surface area contributed by atoms with E-state index < -0.39 is 11.9 Å². The number of rotatable bonds is 1. The Hall–Kier alpha value is -2.38. The first-order valence-electron chi connectivity index (χ1n) is 5.75. The molecule has 0 unspecified atom stereocenters. The van der Waals surface area contributed by atoms with Gasteiger partial charge < -0.3 is 4.57 Å². The fourth-order valence-electron chi connectivity index (χ4n) is 2.01. The molecule has 5 nitrogen and oxygen atoms in total. The highest BCUT2D eigenvalue weighted by atomic mass is 19.4. The van der Waals surface area contributed by atoms with Gasteiger partial charge in [0, 0.05) is 14.1 Å². The fourth-order valence-corrected chi connectivity index (χ4v) is 2.01. The lowest BCUT2D eigenvalue weighted by Crippen LogP contribution is -2.06. The van der Waals surface area contributed by atoms with E-state index >= 15 is 0 Å². The van der Waals surface area contributed by atoms with Gasteiger partial charge in [-0.2, -0.15) is 18.3 Å². The molecule has 0 bridgehead atoms. The Morgan fingerprint density at radius 2 is 1.85 bits per heavy atom. The highest BCUT2D eigenvalue weighted by molar-refractivity contribution is 5.78. The average Bonchev–Trinajstić information content (AvgIpc) is 2.93. The Morgan fingerprint density at radius 3 is 2.50 bits per heavy atom. The molecule has 3 aromatic heterocycles. The molecule has 0 aliphatic rings. The molecule has 0 amide bonds. The third kappa shape index (κ3) is 1.93. The predicted octanol–water partition coefficient (Wildman–Crippen LogP) is 2.39. The molecule has 0 saturated heterocycles. The van der Waals surface area contributed by atoms with Crippen LogP contribution < -0.4 is 0 Å². The van der Waals surface area contributed by atoms with Gasteiger partial charge in [-0.1, -0.05) is 0 Å². The fraction of sp³-hybridized carbons (Fsp3) is 0.250. The van der Waals surface area contributed by atoms with E-state index in [0.717, 1.165) is 11.6 Å². The minimum absolute atomic E-state index is 0.296. The van der Waals surface area contributed by atoms with Crippen LogP contribution in [-0.2, 0) is 20.3 Å². The van der Waals surface area contributed by atoms with Crippen molar-refractivity contribution in [3.8, 4) is 11.4 Å². The quantitative estimate of drug-likeness (QED) is 0.688. The van der Waals surface area contributed by atoms with Crippen LogP contribution in [0.5, 0.6) is 0 Å². The highest BCUT2D eigenvalue weighted by Crippen LogP contribution is 2.31. The number of nitrogens with zero attached hydrogens (tertiary/aromatic N) is 5. The van der Waals surface area contributed by atoms with Gasteiger partial charge in [-0.25, -0.2) is 4.98 Å². The van der Waals surface area contributed by atoms with Crippen LogP contribution >= 0.6 is 0 Å². The average molecular weight is 281 g/mol. The maximum absolute atomic E-state index is 12.6. The predicted molar refractivity (Wildman–Crippen MR) is 65.7 cm³/mol. The Kier molecular flexibility index (Phi) is 2.56. The van der Waals surface area contributed by atoms with Crippen LogP contribution in [0.3, 0.4) is 0 Å². The van der Waals surface area contributed by atoms with Crippen LogP contribution in [0.15, 0.2) is 24.7 Å². The lowest BCUT2D eigenvalue weighted by atomic mass is 10.2. The van der Waals surface area contributed by atoms with Crippen LogP contribution in [0, 0.1) is 0 Å². The van der Waals surface area contributed by atoms with Crippen LogP contribution in [-0.4, -0.2) is 24.3 Å². The third-order valence-corrected chi connectivity index (χ3v) is 3.04. The van der Waals surface area contributed by atoms with E-state index in [2.05, 4.69) is 15.1 Å². The first-order chi connectivity index (χ1) is 9.36. The van der Waals surface area contributed by atoms with Crippen molar-refractivity contribution >= 4 is 11.0 Å². The molecular formula is C12H10F3N5. The Balaban J connectivity index is 2.13. The van der Waals surface area contributed by atoms with Crippen molar-refractivity contribution in [3.63, 3.8) is 0 Å². The number of pyridine rings is 1. The van der Waals surface area contributed by atoms with E-state index in [1.54, 1.807) is 23.2 Å². The van der Waals surface area contributed by atoms with E-state index in [-0.39, 0.29) is 0 Å². The summed E-state index contributed by atoms with van der Waals surface area (Å²) >= 11 is 0. The Labute approximate surface area is 111 Å². The van der Waals surface area contributed by atoms with Gasteiger partial charge in [0.05, 0.1) is 34.9 Å². The number of halogens is 3. The second kappa shape index (κ2) is 4.06. The molecule has 0 atom stereocenters. The van der Waals surface area contributed by atoms with Gasteiger partial charge >= 0.3 is 6.18 Å². The zero-order valence-corrected chi connectivity index (χ0v) is 10.7. The summed E-state index contributed by atoms with van der Waals surface area (Å²) in [5.74, 6) is 0. The molecule has 0 aliphatic carbocycles. The smallest absolute Gasteiger partial charge is 0.332 e. The van der Waals surface area contributed by atoms with E-state index in [1.165, 1.54) is 11.7 Å². The van der Waals surface area contributed by atoms with E-state index in [0.29, 0.717) is 16.9 Å². The lowest BCUT2D eigenvalue weighted by Gasteiger charge is -2.01. The van der Waals surface area contributed by atoms with Gasteiger partial charge in [0.2, 0.25) is 0 Å². The Morgan fingerprint density at radius 1 is 1.10 bits per heavy atom. The Bertz CT molecular complexity index is 784. The molecule has 8 heteroatoms. The molecule has 20 heavy (non-hydrogen) atoms. The van der Waals surface area contributed by atoms with Gasteiger partial charge in [0.1, 0.15) is 0 Å². The van der Waals surface area contributed by atoms with Crippen molar-refractivity contribution in [1.29, 1.82) is 0 Å². The number of fused-ring (bicyclic) bond motifs is 1. The summed E-state index contributed by atoms with van der Waals surface area (Å²) in [4.78, 5) is 8.34. The summed E-state index contributed by atoms with van der Waals surface area (Å²) in [6, 6.07) is 2.63. The maximum Gasteiger partial charge on any atom is 0.435 e. The molecule has 0 N–H and O–H groups in total. The van der Waals surface area contributed by atoms with Gasteiger partial charge in [0.15, 0.2) is 5.69 Å². The molecular weight excluding hydrogens is 271 g/mol. The number of aromatic nitrogens is 5. The van der Waals surface area contributed by atoms with E-state index in [1.807, 2.05) is 7.05 Å². The summed E-state index contributed by atoms with van der Waals surface area (Å²) in [7, 11) is 3.28. The van der Waals surface area contributed by atoms with Crippen molar-refractivity contribution in [2.24, 2.45) is 14.1 Å². The molecule has 0 aliphatic heterocycles. The van der Waals surface area contributed by atoms with Crippen molar-refractivity contribution in [3.05, 3.63) is 30.4 Å². The van der Waals surface area contributed by atoms with Crippen molar-refractivity contribution in [2.45, 2.75) is 6.18 Å². The van der Waals surface area contributed by atoms with E-state index in [9.17, 15) is 13.2 Å². The third-order valence-electron chi connectivity index (χ3n) is 3.04. The first-order valence-corrected chi connectivity index (χ1v) is 5.75. The summed E-state index contributed by atoms with van der Waals surface area (Å²) in [6.45, 7) is 0. The molecule has 3 heterocycles. The van der Waals surface area contributed by atoms with Crippen LogP contribution in [0.1, 0.15) is 5.69 Å². The summed E-state index contributed by atoms with van der Waals surface area (Å²) < 4.78 is 40.9. The maximum atomic E-state index is 12.6. The molecule has 104 valence electrons. The van der Waals surface area contributed by atoms with Crippen molar-refractivity contribution in [1.82, 2.24) is 24.3 Å². The highest BCUT2D eigenvalue weighted by Gasteiger charge is 2.34. The summed E-state index contributed by atoms with van der Waals surface area (Å²) in [6.07, 6.45) is -1.26. The second-order valence-corrected chi connectivity index (χ2v) is 4.45. The van der Waals surface area contributed by atoms with Crippen LogP contribution in [0.2, 0.25) is 0 Å². The summed E-state index contributed by atoms with van der Waals surface area (Å²) in [5.41, 5.74) is 1.25. The normalized spacial score (nSPS) is 12.2. The number of hydrogen-bond donors (Lipinski definition) is 0. The second-order valence-electron chi connectivity index (χ2n) is 4.45. The van der Waals surface area contributed by atoms with Gasteiger partial charge in [-0.15, -0.1) is 0 Å². The number of hydrogen-bond acceptors (Lipinski definition) is 3. The molecule has 3 rings (SSSR count). The van der Waals surface area contributed by atoms with Gasteiger partial charge in [-0.3, -0.25) is 9.67 Å². The molecule has 3 aromatic rings. The molecule has 0 saturated carbocycles. The lowest BCUT2D eigenvalue weighted by molar-refractivity contribution is -0.141. The molecule has 0 spiro atoms. The standard InChI is InChI=1S/C12H10F3N5/c1-19-6-17-8-3-7(16-5-10(8)19)9-4-11(12(13,14)15)18-20(9)2/h3-6H,1-2H3. The van der Waals surface area contributed by atoms with Crippen LogP contribution in [0.25, 0.3) is 22.4 Å². The van der Waals surface area contributed by atoms with E-state index in [4.69, 9.17) is 0 Å². The minimum Gasteiger partial charge on any atom is -0.332 e. The van der Waals surface area contributed by atoms with Crippen LogP contribution in [0.4, 0.5) is 13.2 Å². The van der Waals surface area contributed by atoms with Crippen molar-refractivity contribution in [2.75, 3.05) is 0 Å². The monoisotopic (exact) mass is 281 g/mol. The largest absolute Gasteiger partial charge is 0.435 e. The van der Waals surface area contributed by atoms with Crippen molar-refractivity contribution < 1.29 is 13.2 Å². The van der Waals surface area contributed by atoms with Gasteiger partial charge in [0.25, 0.3) is 0 Å². The zero-order chi connectivity index (χ0) is 14.5. The SMILES string of the molecule is Cn1nc(C(F)(F)F)cc1-c1cc2ncn(C)c2cn1. The van der Waals surface area contributed by atoms with Gasteiger partial charge in [-0.05, 0) is 12.1 Å². The zero-order valence-electron chi connectivity index (χ0n) is 10.7. The first kappa shape index (κ1) is 12.6. The minimum atomic E-state index is -4.47. The number of imidazole rings is 1. The molecule has 0 aromatic carbocycles. The number of alkyl halides is 3. The molecule has 0 fully saturated rings.